The second-order valence-corrected chi connectivity index (χ2v) is 6.80. The van der Waals surface area contributed by atoms with Gasteiger partial charge >= 0.3 is 0 Å². The first-order chi connectivity index (χ1) is 13.5. The third-order valence-electron chi connectivity index (χ3n) is 3.86. The van der Waals surface area contributed by atoms with E-state index in [9.17, 15) is 9.59 Å². The number of para-hydroxylation sites is 1. The van der Waals surface area contributed by atoms with Gasteiger partial charge in [0.1, 0.15) is 12.2 Å². The molecule has 2 rings (SSSR count). The van der Waals surface area contributed by atoms with Gasteiger partial charge in [-0.1, -0.05) is 39.0 Å². The summed E-state index contributed by atoms with van der Waals surface area (Å²) in [6, 6.07) is 14.9. The number of hydrazone groups is 1. The Balaban J connectivity index is 1.79. The normalized spacial score (nSPS) is 10.9. The molecule has 0 atom stereocenters. The minimum atomic E-state index is -0.473. The second-order valence-electron chi connectivity index (χ2n) is 6.80. The van der Waals surface area contributed by atoms with Gasteiger partial charge in [-0.15, -0.1) is 0 Å². The molecular formula is C22H27N3O3. The summed E-state index contributed by atoms with van der Waals surface area (Å²) in [6.45, 7) is 6.85. The number of hydrogen-bond donors (Lipinski definition) is 2. The zero-order chi connectivity index (χ0) is 20.4. The zero-order valence-electron chi connectivity index (χ0n) is 16.6. The highest BCUT2D eigenvalue weighted by Gasteiger charge is 2.10. The SMILES string of the molecule is CCc1ccccc1NC(=O)CC(=O)NN=Cc1ccc(OCC(C)C)cc1. The van der Waals surface area contributed by atoms with Crippen LogP contribution in [-0.4, -0.2) is 24.6 Å². The van der Waals surface area contributed by atoms with E-state index >= 15 is 0 Å². The summed E-state index contributed by atoms with van der Waals surface area (Å²) in [5, 5.41) is 6.65. The van der Waals surface area contributed by atoms with Crippen LogP contribution in [0.3, 0.4) is 0 Å². The van der Waals surface area contributed by atoms with Crippen LogP contribution in [0, 0.1) is 5.92 Å². The number of rotatable bonds is 9. The molecule has 0 bridgehead atoms. The first kappa shape index (κ1) is 21.2. The van der Waals surface area contributed by atoms with Gasteiger partial charge in [-0.25, -0.2) is 5.43 Å². The lowest BCUT2D eigenvalue weighted by atomic mass is 10.1. The van der Waals surface area contributed by atoms with E-state index in [-0.39, 0.29) is 12.3 Å². The Morgan fingerprint density at radius 2 is 1.79 bits per heavy atom. The minimum Gasteiger partial charge on any atom is -0.493 e. The van der Waals surface area contributed by atoms with Gasteiger partial charge in [-0.3, -0.25) is 9.59 Å². The summed E-state index contributed by atoms with van der Waals surface area (Å²) in [5.74, 6) is 0.405. The van der Waals surface area contributed by atoms with Crippen molar-refractivity contribution >= 4 is 23.7 Å². The van der Waals surface area contributed by atoms with Crippen LogP contribution in [0.25, 0.3) is 0 Å². The highest BCUT2D eigenvalue weighted by molar-refractivity contribution is 6.04. The highest BCUT2D eigenvalue weighted by atomic mass is 16.5. The molecule has 0 spiro atoms. The summed E-state index contributed by atoms with van der Waals surface area (Å²) in [4.78, 5) is 23.9. The van der Waals surface area contributed by atoms with Crippen LogP contribution in [-0.2, 0) is 16.0 Å². The van der Waals surface area contributed by atoms with Crippen molar-refractivity contribution in [1.82, 2.24) is 5.43 Å². The average Bonchev–Trinajstić information content (AvgIpc) is 2.67. The molecule has 6 nitrogen and oxygen atoms in total. The van der Waals surface area contributed by atoms with E-state index in [4.69, 9.17) is 4.74 Å². The highest BCUT2D eigenvalue weighted by Crippen LogP contribution is 2.15. The van der Waals surface area contributed by atoms with E-state index in [1.165, 1.54) is 6.21 Å². The third-order valence-corrected chi connectivity index (χ3v) is 3.86. The van der Waals surface area contributed by atoms with Crippen molar-refractivity contribution in [3.63, 3.8) is 0 Å². The fourth-order valence-electron chi connectivity index (χ4n) is 2.42. The van der Waals surface area contributed by atoms with Gasteiger partial charge in [-0.2, -0.15) is 5.10 Å². The fraction of sp³-hybridized carbons (Fsp3) is 0.318. The smallest absolute Gasteiger partial charge is 0.249 e. The zero-order valence-corrected chi connectivity index (χ0v) is 16.6. The molecule has 28 heavy (non-hydrogen) atoms. The van der Waals surface area contributed by atoms with E-state index in [2.05, 4.69) is 29.7 Å². The van der Waals surface area contributed by atoms with E-state index in [0.717, 1.165) is 29.0 Å². The van der Waals surface area contributed by atoms with Crippen LogP contribution >= 0.6 is 0 Å². The Kier molecular flexibility index (Phi) is 8.21. The average molecular weight is 381 g/mol. The molecule has 2 amide bonds. The lowest BCUT2D eigenvalue weighted by Gasteiger charge is -2.09. The number of benzene rings is 2. The van der Waals surface area contributed by atoms with Crippen LogP contribution in [0.5, 0.6) is 5.75 Å². The Labute approximate surface area is 166 Å². The lowest BCUT2D eigenvalue weighted by Crippen LogP contribution is -2.25. The molecule has 0 saturated carbocycles. The predicted molar refractivity (Wildman–Crippen MR) is 112 cm³/mol. The molecule has 0 heterocycles. The Morgan fingerprint density at radius 3 is 2.46 bits per heavy atom. The topological polar surface area (TPSA) is 79.8 Å². The number of carbonyl (C=O) groups excluding carboxylic acids is 2. The van der Waals surface area contributed by atoms with Crippen molar-refractivity contribution in [2.45, 2.75) is 33.6 Å². The summed E-state index contributed by atoms with van der Waals surface area (Å²) in [5.41, 5.74) is 4.94. The molecule has 6 heteroatoms. The van der Waals surface area contributed by atoms with Gasteiger partial charge in [0, 0.05) is 5.69 Å². The van der Waals surface area contributed by atoms with Gasteiger partial charge in [-0.05, 0) is 53.8 Å². The largest absolute Gasteiger partial charge is 0.493 e. The van der Waals surface area contributed by atoms with E-state index in [1.54, 1.807) is 0 Å². The fourth-order valence-corrected chi connectivity index (χ4v) is 2.42. The summed E-state index contributed by atoms with van der Waals surface area (Å²) < 4.78 is 5.62. The maximum Gasteiger partial charge on any atom is 0.249 e. The molecule has 0 aliphatic carbocycles. The number of hydrogen-bond acceptors (Lipinski definition) is 4. The Morgan fingerprint density at radius 1 is 1.07 bits per heavy atom. The van der Waals surface area contributed by atoms with E-state index in [1.807, 2.05) is 55.5 Å². The van der Waals surface area contributed by atoms with Gasteiger partial charge < -0.3 is 10.1 Å². The van der Waals surface area contributed by atoms with Crippen molar-refractivity contribution in [2.24, 2.45) is 11.0 Å². The molecule has 0 fully saturated rings. The molecule has 2 aromatic rings. The summed E-state index contributed by atoms with van der Waals surface area (Å²) in [7, 11) is 0. The number of nitrogens with one attached hydrogen (secondary N) is 2. The van der Waals surface area contributed by atoms with Crippen LogP contribution < -0.4 is 15.5 Å². The molecule has 0 unspecified atom stereocenters. The standard InChI is InChI=1S/C22H27N3O3/c1-4-18-7-5-6-8-20(18)24-21(26)13-22(27)25-23-14-17-9-11-19(12-10-17)28-15-16(2)3/h5-12,14,16H,4,13,15H2,1-3H3,(H,24,26)(H,25,27). The molecule has 0 aliphatic heterocycles. The van der Waals surface area contributed by atoms with E-state index in [0.29, 0.717) is 12.5 Å². The van der Waals surface area contributed by atoms with Crippen molar-refractivity contribution < 1.29 is 14.3 Å². The van der Waals surface area contributed by atoms with E-state index < -0.39 is 5.91 Å². The Bertz CT molecular complexity index is 814. The first-order valence-corrected chi connectivity index (χ1v) is 9.40. The summed E-state index contributed by atoms with van der Waals surface area (Å²) in [6.07, 6.45) is 2.03. The number of nitrogens with zero attached hydrogens (tertiary/aromatic N) is 1. The van der Waals surface area contributed by atoms with Crippen LogP contribution in [0.15, 0.2) is 53.6 Å². The molecule has 0 saturated heterocycles. The van der Waals surface area contributed by atoms with Crippen molar-refractivity contribution in [1.29, 1.82) is 0 Å². The molecular weight excluding hydrogens is 354 g/mol. The van der Waals surface area contributed by atoms with Gasteiger partial charge in [0.25, 0.3) is 0 Å². The van der Waals surface area contributed by atoms with Crippen molar-refractivity contribution in [3.8, 4) is 5.75 Å². The third kappa shape index (κ3) is 7.23. The second kappa shape index (κ2) is 10.9. The molecule has 2 aromatic carbocycles. The lowest BCUT2D eigenvalue weighted by molar-refractivity contribution is -0.126. The minimum absolute atomic E-state index is 0.294. The Hall–Kier alpha value is -3.15. The molecule has 0 aromatic heterocycles. The van der Waals surface area contributed by atoms with Gasteiger partial charge in [0.15, 0.2) is 0 Å². The maximum absolute atomic E-state index is 12.0. The molecule has 148 valence electrons. The number of amides is 2. The van der Waals surface area contributed by atoms with Crippen LogP contribution in [0.4, 0.5) is 5.69 Å². The predicted octanol–water partition coefficient (Wildman–Crippen LogP) is 3.76. The maximum atomic E-state index is 12.0. The number of carbonyl (C=O) groups is 2. The molecule has 0 aliphatic rings. The van der Waals surface area contributed by atoms with Crippen molar-refractivity contribution in [2.75, 3.05) is 11.9 Å². The van der Waals surface area contributed by atoms with Crippen LogP contribution in [0.2, 0.25) is 0 Å². The quantitative estimate of drug-likeness (QED) is 0.394. The van der Waals surface area contributed by atoms with Gasteiger partial charge in [0.2, 0.25) is 11.8 Å². The van der Waals surface area contributed by atoms with Crippen molar-refractivity contribution in [3.05, 3.63) is 59.7 Å². The first-order valence-electron chi connectivity index (χ1n) is 9.40. The van der Waals surface area contributed by atoms with Crippen LogP contribution in [0.1, 0.15) is 38.3 Å². The molecule has 2 N–H and O–H groups in total. The monoisotopic (exact) mass is 381 g/mol. The molecule has 0 radical (unpaired) electrons. The number of ether oxygens (including phenoxy) is 1. The van der Waals surface area contributed by atoms with Gasteiger partial charge in [0.05, 0.1) is 12.8 Å². The summed E-state index contributed by atoms with van der Waals surface area (Å²) >= 11 is 0. The number of aryl methyl sites for hydroxylation is 1. The number of anilines is 1.